The van der Waals surface area contributed by atoms with E-state index in [9.17, 15) is 4.39 Å². The van der Waals surface area contributed by atoms with Gasteiger partial charge in [-0.15, -0.1) is 0 Å². The van der Waals surface area contributed by atoms with E-state index >= 15 is 0 Å². The Kier molecular flexibility index (Phi) is 4.67. The van der Waals surface area contributed by atoms with Crippen molar-refractivity contribution in [2.75, 3.05) is 39.5 Å². The van der Waals surface area contributed by atoms with Gasteiger partial charge < -0.3 is 9.47 Å². The highest BCUT2D eigenvalue weighted by atomic mass is 35.5. The Morgan fingerprint density at radius 2 is 2.29 bits per heavy atom. The van der Waals surface area contributed by atoms with E-state index in [1.54, 1.807) is 6.07 Å². The lowest BCUT2D eigenvalue weighted by atomic mass is 9.82. The molecule has 0 N–H and O–H groups in total. The van der Waals surface area contributed by atoms with Gasteiger partial charge in [-0.2, -0.15) is 0 Å². The molecule has 21 heavy (non-hydrogen) atoms. The van der Waals surface area contributed by atoms with Crippen LogP contribution in [0.4, 0.5) is 4.39 Å². The van der Waals surface area contributed by atoms with E-state index in [4.69, 9.17) is 21.1 Å². The van der Waals surface area contributed by atoms with Gasteiger partial charge in [-0.05, 0) is 37.9 Å². The molecule has 2 aliphatic rings. The van der Waals surface area contributed by atoms with Gasteiger partial charge in [-0.1, -0.05) is 11.6 Å². The van der Waals surface area contributed by atoms with Gasteiger partial charge in [-0.25, -0.2) is 4.39 Å². The second-order valence-corrected chi connectivity index (χ2v) is 6.51. The maximum absolute atomic E-state index is 13.3. The minimum atomic E-state index is -0.436. The first kappa shape index (κ1) is 15.1. The summed E-state index contributed by atoms with van der Waals surface area (Å²) < 4.78 is 24.6. The molecule has 0 bridgehead atoms. The van der Waals surface area contributed by atoms with E-state index in [2.05, 4.69) is 4.90 Å². The average Bonchev–Trinajstić information content (AvgIpc) is 2.86. The molecule has 1 spiro atoms. The van der Waals surface area contributed by atoms with Crippen molar-refractivity contribution in [1.29, 1.82) is 0 Å². The van der Waals surface area contributed by atoms with Crippen LogP contribution in [0.25, 0.3) is 0 Å². The Morgan fingerprint density at radius 1 is 1.38 bits per heavy atom. The normalized spacial score (nSPS) is 26.4. The van der Waals surface area contributed by atoms with Gasteiger partial charge in [0.2, 0.25) is 0 Å². The zero-order valence-electron chi connectivity index (χ0n) is 12.1. The van der Waals surface area contributed by atoms with E-state index in [0.717, 1.165) is 32.8 Å². The topological polar surface area (TPSA) is 21.7 Å². The fraction of sp³-hybridized carbons (Fsp3) is 0.625. The van der Waals surface area contributed by atoms with Crippen LogP contribution in [0.3, 0.4) is 0 Å². The first-order valence-electron chi connectivity index (χ1n) is 7.55. The standard InChI is InChI=1S/C16H21ClFNO2/c17-14-3-2-13(10-15(14)18)21-9-7-19-6-5-16(11-19)4-1-8-20-12-16/h2-3,10H,1,4-9,11-12H2. The van der Waals surface area contributed by atoms with Gasteiger partial charge in [0, 0.05) is 31.2 Å². The van der Waals surface area contributed by atoms with Gasteiger partial charge in [0.05, 0.1) is 11.6 Å². The molecule has 1 atom stereocenters. The smallest absolute Gasteiger partial charge is 0.145 e. The fourth-order valence-electron chi connectivity index (χ4n) is 3.31. The molecule has 2 saturated heterocycles. The van der Waals surface area contributed by atoms with Crippen molar-refractivity contribution in [3.05, 3.63) is 29.0 Å². The largest absolute Gasteiger partial charge is 0.492 e. The minimum absolute atomic E-state index is 0.126. The quantitative estimate of drug-likeness (QED) is 0.851. The highest BCUT2D eigenvalue weighted by Crippen LogP contribution is 2.37. The molecule has 0 aliphatic carbocycles. The van der Waals surface area contributed by atoms with Crippen LogP contribution in [0.1, 0.15) is 19.3 Å². The maximum Gasteiger partial charge on any atom is 0.145 e. The summed E-state index contributed by atoms with van der Waals surface area (Å²) in [7, 11) is 0. The molecule has 2 fully saturated rings. The molecule has 1 aromatic rings. The third-order valence-corrected chi connectivity index (χ3v) is 4.80. The van der Waals surface area contributed by atoms with Crippen molar-refractivity contribution < 1.29 is 13.9 Å². The molecule has 2 heterocycles. The summed E-state index contributed by atoms with van der Waals surface area (Å²) in [6, 6.07) is 4.56. The molecular weight excluding hydrogens is 293 g/mol. The molecule has 1 unspecified atom stereocenters. The molecule has 2 aliphatic heterocycles. The van der Waals surface area contributed by atoms with Crippen molar-refractivity contribution in [3.63, 3.8) is 0 Å². The van der Waals surface area contributed by atoms with Crippen LogP contribution in [0.5, 0.6) is 5.75 Å². The van der Waals surface area contributed by atoms with E-state index < -0.39 is 5.82 Å². The van der Waals surface area contributed by atoms with Crippen LogP contribution in [0.15, 0.2) is 18.2 Å². The molecule has 3 rings (SSSR count). The number of hydrogen-bond donors (Lipinski definition) is 0. The van der Waals surface area contributed by atoms with Crippen LogP contribution in [0.2, 0.25) is 5.02 Å². The summed E-state index contributed by atoms with van der Waals surface area (Å²) in [5.41, 5.74) is 0.366. The SMILES string of the molecule is Fc1cc(OCCN2CCC3(CCCOC3)C2)ccc1Cl. The summed E-state index contributed by atoms with van der Waals surface area (Å²) in [6.07, 6.45) is 3.66. The second-order valence-electron chi connectivity index (χ2n) is 6.11. The molecule has 0 radical (unpaired) electrons. The summed E-state index contributed by atoms with van der Waals surface area (Å²) >= 11 is 5.65. The molecule has 5 heteroatoms. The summed E-state index contributed by atoms with van der Waals surface area (Å²) in [5.74, 6) is 0.0976. The van der Waals surface area contributed by atoms with E-state index in [1.165, 1.54) is 31.4 Å². The molecular formula is C16H21ClFNO2. The second kappa shape index (κ2) is 6.51. The molecule has 0 saturated carbocycles. The van der Waals surface area contributed by atoms with Gasteiger partial charge in [0.15, 0.2) is 0 Å². The Hall–Kier alpha value is -0.840. The number of nitrogens with zero attached hydrogens (tertiary/aromatic N) is 1. The number of benzene rings is 1. The van der Waals surface area contributed by atoms with Crippen molar-refractivity contribution in [3.8, 4) is 5.75 Å². The zero-order valence-corrected chi connectivity index (χ0v) is 12.9. The third kappa shape index (κ3) is 3.68. The van der Waals surface area contributed by atoms with Crippen LogP contribution < -0.4 is 4.74 Å². The van der Waals surface area contributed by atoms with Gasteiger partial charge in [-0.3, -0.25) is 4.90 Å². The number of rotatable bonds is 4. The third-order valence-electron chi connectivity index (χ3n) is 4.49. The number of ether oxygens (including phenoxy) is 2. The lowest BCUT2D eigenvalue weighted by molar-refractivity contribution is -0.00256. The van der Waals surface area contributed by atoms with Gasteiger partial charge in [0.25, 0.3) is 0 Å². The minimum Gasteiger partial charge on any atom is -0.492 e. The highest BCUT2D eigenvalue weighted by molar-refractivity contribution is 6.30. The van der Waals surface area contributed by atoms with Crippen molar-refractivity contribution in [2.24, 2.45) is 5.41 Å². The van der Waals surface area contributed by atoms with Crippen LogP contribution in [0, 0.1) is 11.2 Å². The fourth-order valence-corrected chi connectivity index (χ4v) is 3.43. The van der Waals surface area contributed by atoms with E-state index in [1.807, 2.05) is 0 Å². The molecule has 3 nitrogen and oxygen atoms in total. The lowest BCUT2D eigenvalue weighted by Gasteiger charge is -2.33. The highest BCUT2D eigenvalue weighted by Gasteiger charge is 2.39. The van der Waals surface area contributed by atoms with Crippen LogP contribution in [-0.2, 0) is 4.74 Å². The van der Waals surface area contributed by atoms with Gasteiger partial charge >= 0.3 is 0 Å². The van der Waals surface area contributed by atoms with Crippen molar-refractivity contribution in [1.82, 2.24) is 4.90 Å². The van der Waals surface area contributed by atoms with Crippen LogP contribution >= 0.6 is 11.6 Å². The summed E-state index contributed by atoms with van der Waals surface area (Å²) in [5, 5.41) is 0.126. The Labute approximate surface area is 130 Å². The molecule has 116 valence electrons. The number of likely N-dealkylation sites (tertiary alicyclic amines) is 1. The van der Waals surface area contributed by atoms with Crippen LogP contribution in [-0.4, -0.2) is 44.4 Å². The van der Waals surface area contributed by atoms with Crippen molar-refractivity contribution in [2.45, 2.75) is 19.3 Å². The Balaban J connectivity index is 1.44. The maximum atomic E-state index is 13.3. The Bertz CT molecular complexity index is 491. The number of hydrogen-bond acceptors (Lipinski definition) is 3. The molecule has 1 aromatic carbocycles. The summed E-state index contributed by atoms with van der Waals surface area (Å²) in [4.78, 5) is 2.42. The first-order valence-corrected chi connectivity index (χ1v) is 7.93. The van der Waals surface area contributed by atoms with E-state index in [0.29, 0.717) is 17.8 Å². The van der Waals surface area contributed by atoms with Gasteiger partial charge in [0.1, 0.15) is 18.2 Å². The van der Waals surface area contributed by atoms with Crippen molar-refractivity contribution >= 4 is 11.6 Å². The molecule has 0 amide bonds. The zero-order chi connectivity index (χ0) is 14.7. The first-order chi connectivity index (χ1) is 10.2. The van der Waals surface area contributed by atoms with E-state index in [-0.39, 0.29) is 5.02 Å². The number of halogens is 2. The predicted molar refractivity (Wildman–Crippen MR) is 80.4 cm³/mol. The monoisotopic (exact) mass is 313 g/mol. The predicted octanol–water partition coefficient (Wildman–Crippen LogP) is 3.36. The summed E-state index contributed by atoms with van der Waals surface area (Å²) in [6.45, 7) is 5.43. The Morgan fingerprint density at radius 3 is 3.05 bits per heavy atom. The molecule has 0 aromatic heterocycles. The lowest BCUT2D eigenvalue weighted by Crippen LogP contribution is -2.36. The average molecular weight is 314 g/mol.